The molecule has 124 valence electrons. The van der Waals surface area contributed by atoms with Gasteiger partial charge in [-0.3, -0.25) is 9.59 Å². The number of carbonyl (C=O) groups is 2. The van der Waals surface area contributed by atoms with E-state index >= 15 is 0 Å². The third kappa shape index (κ3) is 4.25. The largest absolute Gasteiger partial charge is 0.493 e. The molecule has 0 aliphatic carbocycles. The van der Waals surface area contributed by atoms with E-state index in [0.717, 1.165) is 6.42 Å². The number of rotatable bonds is 6. The van der Waals surface area contributed by atoms with E-state index in [1.165, 1.54) is 14.0 Å². The average molecular weight is 318 g/mol. The lowest BCUT2D eigenvalue weighted by Gasteiger charge is -2.16. The van der Waals surface area contributed by atoms with Crippen molar-refractivity contribution in [3.8, 4) is 11.5 Å². The fourth-order valence-corrected chi connectivity index (χ4v) is 2.51. The first-order chi connectivity index (χ1) is 11.0. The zero-order valence-corrected chi connectivity index (χ0v) is 13.5. The zero-order chi connectivity index (χ0) is 16.8. The monoisotopic (exact) mass is 318 g/mol. The molecular formula is C17H22N2O4. The molecule has 0 radical (unpaired) electrons. The van der Waals surface area contributed by atoms with E-state index in [4.69, 9.17) is 9.47 Å². The fourth-order valence-electron chi connectivity index (χ4n) is 2.51. The average Bonchev–Trinajstić information content (AvgIpc) is 3.01. The van der Waals surface area contributed by atoms with Crippen LogP contribution in [0.2, 0.25) is 0 Å². The molecule has 1 N–H and O–H groups in total. The highest BCUT2D eigenvalue weighted by Crippen LogP contribution is 2.28. The maximum Gasteiger partial charge on any atom is 0.251 e. The summed E-state index contributed by atoms with van der Waals surface area (Å²) in [5, 5.41) is 2.95. The Morgan fingerprint density at radius 3 is 2.83 bits per heavy atom. The summed E-state index contributed by atoms with van der Waals surface area (Å²) in [5.41, 5.74) is 0.495. The highest BCUT2D eigenvalue weighted by molar-refractivity contribution is 5.95. The number of hydrogen-bond donors (Lipinski definition) is 1. The van der Waals surface area contributed by atoms with Crippen molar-refractivity contribution in [2.45, 2.75) is 19.4 Å². The van der Waals surface area contributed by atoms with Crippen molar-refractivity contribution >= 4 is 11.8 Å². The Bertz CT molecular complexity index is 600. The first-order valence-corrected chi connectivity index (χ1v) is 7.53. The highest BCUT2D eigenvalue weighted by Gasteiger charge is 2.25. The molecule has 1 aromatic carbocycles. The first-order valence-electron chi connectivity index (χ1n) is 7.53. The van der Waals surface area contributed by atoms with E-state index < -0.39 is 0 Å². The van der Waals surface area contributed by atoms with Gasteiger partial charge in [0, 0.05) is 31.6 Å². The van der Waals surface area contributed by atoms with Crippen LogP contribution < -0.4 is 14.8 Å². The Morgan fingerprint density at radius 1 is 1.43 bits per heavy atom. The summed E-state index contributed by atoms with van der Waals surface area (Å²) >= 11 is 0. The quantitative estimate of drug-likeness (QED) is 0.809. The van der Waals surface area contributed by atoms with Crippen LogP contribution in [-0.4, -0.2) is 49.6 Å². The number of likely N-dealkylation sites (tertiary alicyclic amines) is 1. The molecule has 2 rings (SSSR count). The standard InChI is InChI=1S/C17H22N2O4/c1-4-9-23-15-6-5-13(10-16(15)22-3)17(21)18-14-7-8-19(11-14)12(2)20/h4-6,10,14H,1,7-9,11H2,2-3H3,(H,18,21)/t14-/m1/s1. The van der Waals surface area contributed by atoms with E-state index in [1.807, 2.05) is 0 Å². The molecule has 2 amide bonds. The lowest BCUT2D eigenvalue weighted by molar-refractivity contribution is -0.127. The Kier molecular flexibility index (Phi) is 5.62. The highest BCUT2D eigenvalue weighted by atomic mass is 16.5. The van der Waals surface area contributed by atoms with E-state index in [9.17, 15) is 9.59 Å². The van der Waals surface area contributed by atoms with E-state index in [2.05, 4.69) is 11.9 Å². The topological polar surface area (TPSA) is 67.9 Å². The number of benzene rings is 1. The number of amides is 2. The molecule has 6 heteroatoms. The van der Waals surface area contributed by atoms with Crippen LogP contribution in [0, 0.1) is 0 Å². The van der Waals surface area contributed by atoms with Crippen molar-refractivity contribution in [2.75, 3.05) is 26.8 Å². The van der Waals surface area contributed by atoms with Gasteiger partial charge in [0.15, 0.2) is 11.5 Å². The van der Waals surface area contributed by atoms with E-state index in [0.29, 0.717) is 36.8 Å². The lowest BCUT2D eigenvalue weighted by Crippen LogP contribution is -2.38. The second-order valence-corrected chi connectivity index (χ2v) is 5.39. The number of nitrogens with one attached hydrogen (secondary N) is 1. The number of hydrogen-bond acceptors (Lipinski definition) is 4. The number of nitrogens with zero attached hydrogens (tertiary/aromatic N) is 1. The molecule has 1 aliphatic heterocycles. The Hall–Kier alpha value is -2.50. The van der Waals surface area contributed by atoms with Crippen LogP contribution in [0.3, 0.4) is 0 Å². The Labute approximate surface area is 136 Å². The summed E-state index contributed by atoms with van der Waals surface area (Å²) in [7, 11) is 1.53. The third-order valence-corrected chi connectivity index (χ3v) is 3.75. The molecule has 1 saturated heterocycles. The second-order valence-electron chi connectivity index (χ2n) is 5.39. The summed E-state index contributed by atoms with van der Waals surface area (Å²) in [6.07, 6.45) is 2.41. The van der Waals surface area contributed by atoms with Gasteiger partial charge in [-0.25, -0.2) is 0 Å². The zero-order valence-electron chi connectivity index (χ0n) is 13.5. The molecule has 6 nitrogen and oxygen atoms in total. The molecule has 0 unspecified atom stereocenters. The Balaban J connectivity index is 2.02. The van der Waals surface area contributed by atoms with E-state index in [-0.39, 0.29) is 17.9 Å². The SMILES string of the molecule is C=CCOc1ccc(C(=O)N[C@@H]2CCN(C(C)=O)C2)cc1OC. The summed E-state index contributed by atoms with van der Waals surface area (Å²) < 4.78 is 10.7. The van der Waals surface area contributed by atoms with Crippen LogP contribution in [0.5, 0.6) is 11.5 Å². The maximum atomic E-state index is 12.3. The maximum absolute atomic E-state index is 12.3. The van der Waals surface area contributed by atoms with Crippen molar-refractivity contribution in [1.82, 2.24) is 10.2 Å². The molecule has 1 aromatic rings. The first kappa shape index (κ1) is 16.9. The number of ether oxygens (including phenoxy) is 2. The predicted molar refractivity (Wildman–Crippen MR) is 86.8 cm³/mol. The molecule has 23 heavy (non-hydrogen) atoms. The minimum Gasteiger partial charge on any atom is -0.493 e. The minimum absolute atomic E-state index is 0.0194. The number of methoxy groups -OCH3 is 1. The summed E-state index contributed by atoms with van der Waals surface area (Å²) in [4.78, 5) is 25.4. The fraction of sp³-hybridized carbons (Fsp3) is 0.412. The molecular weight excluding hydrogens is 296 g/mol. The molecule has 0 aromatic heterocycles. The number of carbonyl (C=O) groups excluding carboxylic acids is 2. The minimum atomic E-state index is -0.186. The summed E-state index contributed by atoms with van der Waals surface area (Å²) in [6.45, 7) is 6.73. The van der Waals surface area contributed by atoms with Gasteiger partial charge in [-0.05, 0) is 24.6 Å². The van der Waals surface area contributed by atoms with Crippen molar-refractivity contribution in [2.24, 2.45) is 0 Å². The van der Waals surface area contributed by atoms with Gasteiger partial charge in [0.05, 0.1) is 7.11 Å². The summed E-state index contributed by atoms with van der Waals surface area (Å²) in [6, 6.07) is 5.02. The van der Waals surface area contributed by atoms with Crippen LogP contribution >= 0.6 is 0 Å². The van der Waals surface area contributed by atoms with Crippen molar-refractivity contribution < 1.29 is 19.1 Å². The van der Waals surface area contributed by atoms with Gasteiger partial charge in [0.2, 0.25) is 5.91 Å². The van der Waals surface area contributed by atoms with Crippen molar-refractivity contribution in [3.63, 3.8) is 0 Å². The van der Waals surface area contributed by atoms with Crippen LogP contribution in [0.15, 0.2) is 30.9 Å². The molecule has 1 fully saturated rings. The molecule has 1 heterocycles. The van der Waals surface area contributed by atoms with Crippen LogP contribution in [0.25, 0.3) is 0 Å². The summed E-state index contributed by atoms with van der Waals surface area (Å²) in [5.74, 6) is 0.907. The van der Waals surface area contributed by atoms with Crippen LogP contribution in [0.4, 0.5) is 0 Å². The van der Waals surface area contributed by atoms with Gasteiger partial charge in [-0.2, -0.15) is 0 Å². The van der Waals surface area contributed by atoms with Gasteiger partial charge >= 0.3 is 0 Å². The van der Waals surface area contributed by atoms with Crippen LogP contribution in [0.1, 0.15) is 23.7 Å². The van der Waals surface area contributed by atoms with E-state index in [1.54, 1.807) is 29.2 Å². The smallest absolute Gasteiger partial charge is 0.251 e. The predicted octanol–water partition coefficient (Wildman–Crippen LogP) is 1.61. The van der Waals surface area contributed by atoms with Gasteiger partial charge in [-0.15, -0.1) is 0 Å². The lowest BCUT2D eigenvalue weighted by atomic mass is 10.1. The second kappa shape index (κ2) is 7.67. The Morgan fingerprint density at radius 2 is 2.22 bits per heavy atom. The molecule has 0 spiro atoms. The molecule has 0 bridgehead atoms. The van der Waals surface area contributed by atoms with Crippen LogP contribution in [-0.2, 0) is 4.79 Å². The van der Waals surface area contributed by atoms with Gasteiger partial charge in [0.25, 0.3) is 5.91 Å². The molecule has 0 saturated carbocycles. The van der Waals surface area contributed by atoms with Gasteiger partial charge in [0.1, 0.15) is 6.61 Å². The third-order valence-electron chi connectivity index (χ3n) is 3.75. The van der Waals surface area contributed by atoms with Crippen molar-refractivity contribution in [3.05, 3.63) is 36.4 Å². The van der Waals surface area contributed by atoms with Gasteiger partial charge < -0.3 is 19.7 Å². The van der Waals surface area contributed by atoms with Gasteiger partial charge in [-0.1, -0.05) is 12.7 Å². The van der Waals surface area contributed by atoms with Crippen molar-refractivity contribution in [1.29, 1.82) is 0 Å². The normalized spacial score (nSPS) is 16.8. The molecule has 1 atom stereocenters. The molecule has 1 aliphatic rings.